The second-order valence-corrected chi connectivity index (χ2v) is 6.26. The predicted molar refractivity (Wildman–Crippen MR) is 71.6 cm³/mol. The lowest BCUT2D eigenvalue weighted by molar-refractivity contribution is -0.0846. The standard InChI is InChI=1S/C15H19FO4/c1-14(2)8-12(15(3,4)20-14)19-11-6-9(13(17)18)5-10(16)7-11/h5-7,12H,8H2,1-4H3,(H,17,18). The predicted octanol–water partition coefficient (Wildman–Crippen LogP) is 3.25. The summed E-state index contributed by atoms with van der Waals surface area (Å²) < 4.78 is 25.1. The van der Waals surface area contributed by atoms with Gasteiger partial charge in [-0.1, -0.05) is 0 Å². The van der Waals surface area contributed by atoms with E-state index in [2.05, 4.69) is 0 Å². The zero-order valence-electron chi connectivity index (χ0n) is 12.1. The maximum absolute atomic E-state index is 13.4. The molecule has 0 bridgehead atoms. The lowest BCUT2D eigenvalue weighted by Crippen LogP contribution is -2.36. The third-order valence-corrected chi connectivity index (χ3v) is 3.39. The molecule has 5 heteroatoms. The van der Waals surface area contributed by atoms with Crippen LogP contribution in [0, 0.1) is 5.82 Å². The number of rotatable bonds is 3. The summed E-state index contributed by atoms with van der Waals surface area (Å²) in [6.45, 7) is 7.74. The van der Waals surface area contributed by atoms with E-state index in [1.165, 1.54) is 12.1 Å². The highest BCUT2D eigenvalue weighted by Crippen LogP contribution is 2.39. The van der Waals surface area contributed by atoms with Crippen LogP contribution in [0.25, 0.3) is 0 Å². The molecule has 2 rings (SSSR count). The maximum atomic E-state index is 13.4. The maximum Gasteiger partial charge on any atom is 0.335 e. The average molecular weight is 282 g/mol. The summed E-state index contributed by atoms with van der Waals surface area (Å²) in [7, 11) is 0. The average Bonchev–Trinajstić information content (AvgIpc) is 2.45. The third kappa shape index (κ3) is 3.10. The smallest absolute Gasteiger partial charge is 0.335 e. The minimum absolute atomic E-state index is 0.129. The zero-order chi connectivity index (χ0) is 15.1. The summed E-state index contributed by atoms with van der Waals surface area (Å²) in [5, 5.41) is 8.93. The fourth-order valence-corrected chi connectivity index (χ4v) is 2.61. The highest BCUT2D eigenvalue weighted by atomic mass is 19.1. The largest absolute Gasteiger partial charge is 0.487 e. The second-order valence-electron chi connectivity index (χ2n) is 6.26. The number of carboxylic acid groups (broad SMARTS) is 1. The fraction of sp³-hybridized carbons (Fsp3) is 0.533. The molecule has 1 aromatic carbocycles. The summed E-state index contributed by atoms with van der Waals surface area (Å²) in [4.78, 5) is 10.9. The number of carboxylic acids is 1. The van der Waals surface area contributed by atoms with Gasteiger partial charge in [0.1, 0.15) is 23.3 Å². The molecule has 1 aromatic rings. The van der Waals surface area contributed by atoms with Gasteiger partial charge < -0.3 is 14.6 Å². The first kappa shape index (κ1) is 14.8. The minimum atomic E-state index is -1.18. The number of aromatic carboxylic acids is 1. The quantitative estimate of drug-likeness (QED) is 0.924. The molecule has 1 N–H and O–H groups in total. The molecule has 1 atom stereocenters. The summed E-state index contributed by atoms with van der Waals surface area (Å²) in [6, 6.07) is 3.48. The molecule has 0 amide bonds. The fourth-order valence-electron chi connectivity index (χ4n) is 2.61. The van der Waals surface area contributed by atoms with Gasteiger partial charge in [0.25, 0.3) is 0 Å². The van der Waals surface area contributed by atoms with E-state index in [4.69, 9.17) is 14.6 Å². The van der Waals surface area contributed by atoms with Gasteiger partial charge in [-0.2, -0.15) is 0 Å². The Morgan fingerprint density at radius 3 is 2.50 bits per heavy atom. The molecule has 1 unspecified atom stereocenters. The van der Waals surface area contributed by atoms with Gasteiger partial charge in [-0.15, -0.1) is 0 Å². The molecule has 4 nitrogen and oxygen atoms in total. The van der Waals surface area contributed by atoms with Crippen molar-refractivity contribution < 1.29 is 23.8 Å². The van der Waals surface area contributed by atoms with Crippen molar-refractivity contribution in [2.45, 2.75) is 51.4 Å². The van der Waals surface area contributed by atoms with Gasteiger partial charge >= 0.3 is 5.97 Å². The van der Waals surface area contributed by atoms with Crippen LogP contribution >= 0.6 is 0 Å². The lowest BCUT2D eigenvalue weighted by Gasteiger charge is -2.27. The molecular formula is C15H19FO4. The van der Waals surface area contributed by atoms with Crippen molar-refractivity contribution in [2.24, 2.45) is 0 Å². The molecule has 1 fully saturated rings. The Labute approximate surface area is 117 Å². The normalized spacial score (nSPS) is 23.6. The van der Waals surface area contributed by atoms with Crippen molar-refractivity contribution in [1.29, 1.82) is 0 Å². The molecule has 1 aliphatic rings. The number of carbonyl (C=O) groups is 1. The van der Waals surface area contributed by atoms with Crippen LogP contribution in [0.5, 0.6) is 5.75 Å². The van der Waals surface area contributed by atoms with Crippen molar-refractivity contribution in [3.8, 4) is 5.75 Å². The Hall–Kier alpha value is -1.62. The summed E-state index contributed by atoms with van der Waals surface area (Å²) >= 11 is 0. The highest BCUT2D eigenvalue weighted by molar-refractivity contribution is 5.88. The molecule has 1 heterocycles. The number of hydrogen-bond acceptors (Lipinski definition) is 3. The Balaban J connectivity index is 2.24. The van der Waals surface area contributed by atoms with Crippen LogP contribution < -0.4 is 4.74 Å². The van der Waals surface area contributed by atoms with E-state index >= 15 is 0 Å². The second kappa shape index (κ2) is 4.74. The Morgan fingerprint density at radius 1 is 1.35 bits per heavy atom. The molecule has 0 aliphatic carbocycles. The monoisotopic (exact) mass is 282 g/mol. The first-order chi connectivity index (χ1) is 9.09. The van der Waals surface area contributed by atoms with E-state index in [1.807, 2.05) is 27.7 Å². The van der Waals surface area contributed by atoms with Gasteiger partial charge in [0.05, 0.1) is 11.2 Å². The van der Waals surface area contributed by atoms with E-state index in [-0.39, 0.29) is 23.0 Å². The van der Waals surface area contributed by atoms with Gasteiger partial charge in [0.15, 0.2) is 0 Å². The van der Waals surface area contributed by atoms with Crippen LogP contribution in [0.4, 0.5) is 4.39 Å². The SMILES string of the molecule is CC1(C)CC(Oc2cc(F)cc(C(=O)O)c2)C(C)(C)O1. The van der Waals surface area contributed by atoms with Crippen LogP contribution in [-0.2, 0) is 4.74 Å². The number of hydrogen-bond donors (Lipinski definition) is 1. The van der Waals surface area contributed by atoms with Crippen molar-refractivity contribution in [1.82, 2.24) is 0 Å². The van der Waals surface area contributed by atoms with Crippen LogP contribution in [0.3, 0.4) is 0 Å². The molecule has 0 spiro atoms. The van der Waals surface area contributed by atoms with Gasteiger partial charge in [0.2, 0.25) is 0 Å². The van der Waals surface area contributed by atoms with Gasteiger partial charge in [-0.25, -0.2) is 9.18 Å². The van der Waals surface area contributed by atoms with E-state index in [0.29, 0.717) is 6.42 Å². The highest BCUT2D eigenvalue weighted by Gasteiger charge is 2.47. The van der Waals surface area contributed by atoms with Crippen LogP contribution in [-0.4, -0.2) is 28.4 Å². The first-order valence-corrected chi connectivity index (χ1v) is 6.50. The topological polar surface area (TPSA) is 55.8 Å². The molecule has 0 saturated carbocycles. The van der Waals surface area contributed by atoms with Crippen molar-refractivity contribution in [3.63, 3.8) is 0 Å². The van der Waals surface area contributed by atoms with E-state index in [1.54, 1.807) is 0 Å². The van der Waals surface area contributed by atoms with Gasteiger partial charge in [-0.3, -0.25) is 0 Å². The van der Waals surface area contributed by atoms with Crippen molar-refractivity contribution >= 4 is 5.97 Å². The van der Waals surface area contributed by atoms with E-state index in [9.17, 15) is 9.18 Å². The van der Waals surface area contributed by atoms with Crippen LogP contribution in [0.15, 0.2) is 18.2 Å². The molecule has 1 aliphatic heterocycles. The van der Waals surface area contributed by atoms with Gasteiger partial charge in [-0.05, 0) is 39.8 Å². The van der Waals surface area contributed by atoms with Crippen molar-refractivity contribution in [2.75, 3.05) is 0 Å². The van der Waals surface area contributed by atoms with E-state index < -0.39 is 17.4 Å². The van der Waals surface area contributed by atoms with Crippen molar-refractivity contribution in [3.05, 3.63) is 29.6 Å². The first-order valence-electron chi connectivity index (χ1n) is 6.50. The van der Waals surface area contributed by atoms with Gasteiger partial charge in [0, 0.05) is 12.5 Å². The van der Waals surface area contributed by atoms with E-state index in [0.717, 1.165) is 6.07 Å². The summed E-state index contributed by atoms with van der Waals surface area (Å²) in [6.07, 6.45) is 0.389. The number of halogens is 1. The third-order valence-electron chi connectivity index (χ3n) is 3.39. The Bertz CT molecular complexity index is 537. The molecular weight excluding hydrogens is 263 g/mol. The van der Waals surface area contributed by atoms with Crippen LogP contribution in [0.2, 0.25) is 0 Å². The van der Waals surface area contributed by atoms with Crippen LogP contribution in [0.1, 0.15) is 44.5 Å². The molecule has 0 radical (unpaired) electrons. The molecule has 0 aromatic heterocycles. The number of benzene rings is 1. The summed E-state index contributed by atoms with van der Waals surface area (Å²) in [5.74, 6) is -1.60. The molecule has 110 valence electrons. The minimum Gasteiger partial charge on any atom is -0.487 e. The Morgan fingerprint density at radius 2 is 2.00 bits per heavy atom. The number of ether oxygens (including phenoxy) is 2. The lowest BCUT2D eigenvalue weighted by atomic mass is 9.97. The Kier molecular flexibility index (Phi) is 3.50. The molecule has 1 saturated heterocycles. The molecule has 20 heavy (non-hydrogen) atoms. The zero-order valence-corrected chi connectivity index (χ0v) is 12.1. The summed E-state index contributed by atoms with van der Waals surface area (Å²) in [5.41, 5.74) is -0.966.